The van der Waals surface area contributed by atoms with Crippen LogP contribution in [-0.2, 0) is 0 Å². The molecule has 0 aliphatic heterocycles. The number of rotatable bonds is 6. The lowest BCUT2D eigenvalue weighted by molar-refractivity contribution is 0.229. The predicted octanol–water partition coefficient (Wildman–Crippen LogP) is 1.61. The van der Waals surface area contributed by atoms with Gasteiger partial charge < -0.3 is 10.4 Å². The molecule has 15 heavy (non-hydrogen) atoms. The van der Waals surface area contributed by atoms with Crippen LogP contribution in [0.5, 0.6) is 0 Å². The van der Waals surface area contributed by atoms with Gasteiger partial charge in [-0.15, -0.1) is 0 Å². The first-order valence-electron chi connectivity index (χ1n) is 5.35. The molecule has 1 atom stereocenters. The molecule has 1 aromatic rings. The molecule has 0 bridgehead atoms. The van der Waals surface area contributed by atoms with Gasteiger partial charge in [-0.2, -0.15) is 0 Å². The molecule has 1 aromatic heterocycles. The van der Waals surface area contributed by atoms with Crippen molar-refractivity contribution in [3.8, 4) is 0 Å². The minimum absolute atomic E-state index is 0.265. The average Bonchev–Trinajstić information content (AvgIpc) is 2.26. The summed E-state index contributed by atoms with van der Waals surface area (Å²) in [5.41, 5.74) is 1.06. The quantitative estimate of drug-likeness (QED) is 0.699. The van der Waals surface area contributed by atoms with E-state index in [-0.39, 0.29) is 6.61 Å². The lowest BCUT2D eigenvalue weighted by Crippen LogP contribution is -2.08. The summed E-state index contributed by atoms with van der Waals surface area (Å²) < 4.78 is 0. The molecule has 2 N–H and O–H groups in total. The number of nitrogens with one attached hydrogen (secondary N) is 1. The zero-order valence-corrected chi connectivity index (χ0v) is 9.40. The molecule has 1 heterocycles. The molecule has 0 aliphatic carbocycles. The highest BCUT2D eigenvalue weighted by Crippen LogP contribution is 2.04. The summed E-state index contributed by atoms with van der Waals surface area (Å²) in [5.74, 6) is 1.06. The van der Waals surface area contributed by atoms with Crippen LogP contribution in [0, 0.1) is 12.8 Å². The Morgan fingerprint density at radius 3 is 2.67 bits per heavy atom. The highest BCUT2D eigenvalue weighted by molar-refractivity contribution is 5.23. The maximum atomic E-state index is 8.84. The van der Waals surface area contributed by atoms with Crippen molar-refractivity contribution in [2.24, 2.45) is 5.92 Å². The van der Waals surface area contributed by atoms with E-state index >= 15 is 0 Å². The third kappa shape index (κ3) is 4.74. The summed E-state index contributed by atoms with van der Waals surface area (Å²) >= 11 is 0. The molecule has 0 fully saturated rings. The van der Waals surface area contributed by atoms with Crippen molar-refractivity contribution < 1.29 is 5.11 Å². The molecule has 84 valence electrons. The molecule has 0 radical (unpaired) electrons. The molecule has 4 nitrogen and oxygen atoms in total. The molecule has 0 aliphatic rings. The number of hydrogen-bond acceptors (Lipinski definition) is 4. The van der Waals surface area contributed by atoms with E-state index in [1.165, 1.54) is 0 Å². The molecule has 1 rings (SSSR count). The molecule has 0 aromatic carbocycles. The molecule has 0 amide bonds. The van der Waals surface area contributed by atoms with Crippen molar-refractivity contribution in [3.63, 3.8) is 0 Å². The van der Waals surface area contributed by atoms with E-state index in [1.807, 2.05) is 13.8 Å². The Morgan fingerprint density at radius 2 is 2.07 bits per heavy atom. The second kappa shape index (κ2) is 6.35. The number of nitrogens with zero attached hydrogens (tertiary/aromatic N) is 2. The summed E-state index contributed by atoms with van der Waals surface area (Å²) in [7, 11) is 0. The fourth-order valence-corrected chi connectivity index (χ4v) is 1.23. The fourth-order valence-electron chi connectivity index (χ4n) is 1.23. The molecule has 4 heteroatoms. The smallest absolute Gasteiger partial charge is 0.222 e. The van der Waals surface area contributed by atoms with E-state index in [1.54, 1.807) is 12.4 Å². The third-order valence-corrected chi connectivity index (χ3v) is 2.25. The van der Waals surface area contributed by atoms with Gasteiger partial charge in [-0.05, 0) is 31.2 Å². The van der Waals surface area contributed by atoms with Crippen LogP contribution in [-0.4, -0.2) is 28.2 Å². The van der Waals surface area contributed by atoms with Crippen molar-refractivity contribution in [1.82, 2.24) is 9.97 Å². The first kappa shape index (κ1) is 11.9. The number of aliphatic hydroxyl groups is 1. The van der Waals surface area contributed by atoms with Gasteiger partial charge in [-0.3, -0.25) is 0 Å². The van der Waals surface area contributed by atoms with Crippen molar-refractivity contribution in [3.05, 3.63) is 18.0 Å². The summed E-state index contributed by atoms with van der Waals surface area (Å²) in [6.45, 7) is 5.13. The van der Waals surface area contributed by atoms with E-state index in [4.69, 9.17) is 5.11 Å². The van der Waals surface area contributed by atoms with Gasteiger partial charge in [0.15, 0.2) is 0 Å². The van der Waals surface area contributed by atoms with Gasteiger partial charge in [0, 0.05) is 25.5 Å². The maximum Gasteiger partial charge on any atom is 0.222 e. The Kier molecular flexibility index (Phi) is 5.04. The minimum Gasteiger partial charge on any atom is -0.396 e. The van der Waals surface area contributed by atoms with Crippen LogP contribution >= 0.6 is 0 Å². The van der Waals surface area contributed by atoms with E-state index in [2.05, 4.69) is 15.3 Å². The van der Waals surface area contributed by atoms with E-state index in [0.29, 0.717) is 11.9 Å². The Balaban J connectivity index is 2.17. The summed E-state index contributed by atoms with van der Waals surface area (Å²) in [6.07, 6.45) is 5.64. The zero-order chi connectivity index (χ0) is 11.1. The molecular weight excluding hydrogens is 190 g/mol. The van der Waals surface area contributed by atoms with Gasteiger partial charge in [0.05, 0.1) is 0 Å². The first-order valence-corrected chi connectivity index (χ1v) is 5.35. The molecular formula is C11H19N3O. The highest BCUT2D eigenvalue weighted by atomic mass is 16.3. The Morgan fingerprint density at radius 1 is 1.40 bits per heavy atom. The van der Waals surface area contributed by atoms with Crippen molar-refractivity contribution in [2.75, 3.05) is 18.5 Å². The van der Waals surface area contributed by atoms with Crippen LogP contribution in [0.3, 0.4) is 0 Å². The second-order valence-corrected chi connectivity index (χ2v) is 3.94. The van der Waals surface area contributed by atoms with Gasteiger partial charge in [0.1, 0.15) is 0 Å². The second-order valence-electron chi connectivity index (χ2n) is 3.94. The van der Waals surface area contributed by atoms with Crippen molar-refractivity contribution in [2.45, 2.75) is 26.7 Å². The Labute approximate surface area is 90.8 Å². The number of aliphatic hydroxyl groups excluding tert-OH is 1. The SMILES string of the molecule is Cc1cnc(NCCCC(C)CO)nc1. The van der Waals surface area contributed by atoms with Crippen LogP contribution in [0.25, 0.3) is 0 Å². The topological polar surface area (TPSA) is 58.0 Å². The normalized spacial score (nSPS) is 12.5. The standard InChI is InChI=1S/C11H19N3O/c1-9(8-15)4-3-5-12-11-13-6-10(2)7-14-11/h6-7,9,15H,3-5,8H2,1-2H3,(H,12,13,14). The lowest BCUT2D eigenvalue weighted by Gasteiger charge is -2.08. The largest absolute Gasteiger partial charge is 0.396 e. The van der Waals surface area contributed by atoms with Crippen LogP contribution < -0.4 is 5.32 Å². The fraction of sp³-hybridized carbons (Fsp3) is 0.636. The van der Waals surface area contributed by atoms with Crippen molar-refractivity contribution >= 4 is 5.95 Å². The molecule has 1 unspecified atom stereocenters. The van der Waals surface area contributed by atoms with E-state index < -0.39 is 0 Å². The first-order chi connectivity index (χ1) is 7.22. The van der Waals surface area contributed by atoms with Crippen molar-refractivity contribution in [1.29, 1.82) is 0 Å². The third-order valence-electron chi connectivity index (χ3n) is 2.25. The number of hydrogen-bond donors (Lipinski definition) is 2. The van der Waals surface area contributed by atoms with Crippen LogP contribution in [0.2, 0.25) is 0 Å². The van der Waals surface area contributed by atoms with Gasteiger partial charge in [-0.25, -0.2) is 9.97 Å². The number of aryl methyl sites for hydroxylation is 1. The number of aromatic nitrogens is 2. The monoisotopic (exact) mass is 209 g/mol. The van der Waals surface area contributed by atoms with Gasteiger partial charge in [0.25, 0.3) is 0 Å². The van der Waals surface area contributed by atoms with Gasteiger partial charge in [-0.1, -0.05) is 6.92 Å². The molecule has 0 saturated heterocycles. The molecule has 0 spiro atoms. The van der Waals surface area contributed by atoms with E-state index in [9.17, 15) is 0 Å². The Bertz CT molecular complexity index is 274. The minimum atomic E-state index is 0.265. The maximum absolute atomic E-state index is 8.84. The van der Waals surface area contributed by atoms with Gasteiger partial charge in [0.2, 0.25) is 5.95 Å². The summed E-state index contributed by atoms with van der Waals surface area (Å²) in [5, 5.41) is 12.0. The predicted molar refractivity (Wildman–Crippen MR) is 60.7 cm³/mol. The summed E-state index contributed by atoms with van der Waals surface area (Å²) in [4.78, 5) is 8.29. The lowest BCUT2D eigenvalue weighted by atomic mass is 10.1. The number of anilines is 1. The van der Waals surface area contributed by atoms with Crippen LogP contribution in [0.1, 0.15) is 25.3 Å². The zero-order valence-electron chi connectivity index (χ0n) is 9.40. The Hall–Kier alpha value is -1.16. The highest BCUT2D eigenvalue weighted by Gasteiger charge is 1.99. The molecule has 0 saturated carbocycles. The average molecular weight is 209 g/mol. The summed E-state index contributed by atoms with van der Waals surface area (Å²) in [6, 6.07) is 0. The van der Waals surface area contributed by atoms with Gasteiger partial charge >= 0.3 is 0 Å². The van der Waals surface area contributed by atoms with Crippen LogP contribution in [0.4, 0.5) is 5.95 Å². The van der Waals surface area contributed by atoms with Crippen LogP contribution in [0.15, 0.2) is 12.4 Å². The van der Waals surface area contributed by atoms with E-state index in [0.717, 1.165) is 24.9 Å².